The summed E-state index contributed by atoms with van der Waals surface area (Å²) in [6, 6.07) is 13.7. The number of allylic oxidation sites excluding steroid dienone is 4. The Balaban J connectivity index is 0. The summed E-state index contributed by atoms with van der Waals surface area (Å²) in [7, 11) is 0. The second kappa shape index (κ2) is 19.1. The van der Waals surface area contributed by atoms with E-state index in [1.165, 1.54) is 24.8 Å². The van der Waals surface area contributed by atoms with Gasteiger partial charge in [0.25, 0.3) is 0 Å². The molecule has 0 fully saturated rings. The van der Waals surface area contributed by atoms with E-state index in [9.17, 15) is 19.8 Å². The fourth-order valence-corrected chi connectivity index (χ4v) is 2.69. The molecule has 0 spiro atoms. The number of carbonyl (C=O) groups excluding carboxylic acids is 2. The Hall–Kier alpha value is -2.82. The molecule has 10 heteroatoms. The quantitative estimate of drug-likeness (QED) is 0.152. The summed E-state index contributed by atoms with van der Waals surface area (Å²) in [6.45, 7) is 22.2. The Kier molecular flexibility index (Phi) is 18.8. The van der Waals surface area contributed by atoms with Gasteiger partial charge in [0.15, 0.2) is 11.6 Å². The minimum Gasteiger partial charge on any atom is -0.512 e. The van der Waals surface area contributed by atoms with Gasteiger partial charge in [-0.25, -0.2) is 45.4 Å². The van der Waals surface area contributed by atoms with E-state index in [1.54, 1.807) is 12.4 Å². The van der Waals surface area contributed by atoms with Crippen molar-refractivity contribution in [3.63, 3.8) is 0 Å². The number of hydrogen-bond acceptors (Lipinski definition) is 8. The van der Waals surface area contributed by atoms with E-state index in [0.29, 0.717) is 0 Å². The minimum atomic E-state index is -0.417. The normalized spacial score (nSPS) is 12.2. The second-order valence-electron chi connectivity index (χ2n) is 14.4. The number of benzene rings is 1. The van der Waals surface area contributed by atoms with Crippen LogP contribution in [-0.2, 0) is 51.7 Å². The number of ketones is 2. The van der Waals surface area contributed by atoms with Crippen molar-refractivity contribution in [2.75, 3.05) is 0 Å². The molecule has 2 aromatic heterocycles. The van der Waals surface area contributed by atoms with Crippen LogP contribution in [0.15, 0.2) is 73.0 Å². The van der Waals surface area contributed by atoms with Crippen molar-refractivity contribution in [1.82, 2.24) is 19.9 Å². The van der Waals surface area contributed by atoms with E-state index in [0.717, 1.165) is 22.5 Å². The van der Waals surface area contributed by atoms with E-state index in [1.807, 2.05) is 107 Å². The Labute approximate surface area is 304 Å². The van der Waals surface area contributed by atoms with Crippen LogP contribution in [0.5, 0.6) is 0 Å². The van der Waals surface area contributed by atoms with Crippen molar-refractivity contribution in [2.24, 2.45) is 21.7 Å². The van der Waals surface area contributed by atoms with Gasteiger partial charge in [-0.3, -0.25) is 19.6 Å². The SMILES string of the molecule is CC(C)(C)C(=O)/C=C(\O)C(C)(C)C.CC(C)(C)C(=O)/C=C(\O)C(C)(C)C.[Pt].[Pt].[c-]1cc(-c2ccncn2)[c-]cc1-c1ccncn1. The van der Waals surface area contributed by atoms with E-state index in [4.69, 9.17) is 0 Å². The number of carbonyl (C=O) groups is 2. The van der Waals surface area contributed by atoms with Crippen molar-refractivity contribution in [1.29, 1.82) is 0 Å². The summed E-state index contributed by atoms with van der Waals surface area (Å²) in [4.78, 5) is 39.1. The maximum atomic E-state index is 11.5. The third kappa shape index (κ3) is 16.7. The van der Waals surface area contributed by atoms with Crippen molar-refractivity contribution in [3.8, 4) is 22.5 Å². The summed E-state index contributed by atoms with van der Waals surface area (Å²) < 4.78 is 0. The van der Waals surface area contributed by atoms with Gasteiger partial charge < -0.3 is 10.2 Å². The van der Waals surface area contributed by atoms with Crippen LogP contribution in [0, 0.1) is 33.8 Å². The first-order valence-electron chi connectivity index (χ1n) is 14.4. The molecule has 2 N–H and O–H groups in total. The molecule has 0 bridgehead atoms. The van der Waals surface area contributed by atoms with E-state index < -0.39 is 10.8 Å². The zero-order valence-electron chi connectivity index (χ0n) is 28.9. The van der Waals surface area contributed by atoms with Gasteiger partial charge >= 0.3 is 0 Å². The fraction of sp³-hybridized carbons (Fsp3) is 0.444. The van der Waals surface area contributed by atoms with Gasteiger partial charge in [0, 0.05) is 88.3 Å². The molecule has 0 saturated carbocycles. The summed E-state index contributed by atoms with van der Waals surface area (Å²) in [5.74, 6) is 0.208. The number of hydrogen-bond donors (Lipinski definition) is 2. The third-order valence-electron chi connectivity index (χ3n) is 6.01. The zero-order valence-corrected chi connectivity index (χ0v) is 33.5. The first-order chi connectivity index (χ1) is 20.0. The average Bonchev–Trinajstić information content (AvgIpc) is 2.93. The maximum Gasteiger partial charge on any atom is 0.164 e. The molecule has 3 aromatic rings. The first-order valence-corrected chi connectivity index (χ1v) is 14.4. The minimum absolute atomic E-state index is 0. The van der Waals surface area contributed by atoms with Crippen molar-refractivity contribution >= 4 is 11.6 Å². The largest absolute Gasteiger partial charge is 0.512 e. The van der Waals surface area contributed by atoms with Crippen LogP contribution < -0.4 is 0 Å². The van der Waals surface area contributed by atoms with Gasteiger partial charge in [0.05, 0.1) is 0 Å². The summed E-state index contributed by atoms with van der Waals surface area (Å²) in [5, 5.41) is 19.1. The molecule has 258 valence electrons. The van der Waals surface area contributed by atoms with Crippen LogP contribution in [0.2, 0.25) is 0 Å². The third-order valence-corrected chi connectivity index (χ3v) is 6.01. The predicted molar refractivity (Wildman–Crippen MR) is 175 cm³/mol. The molecule has 2 heterocycles. The molecule has 0 radical (unpaired) electrons. The van der Waals surface area contributed by atoms with Gasteiger partial charge in [-0.15, -0.1) is 0 Å². The molecule has 0 aliphatic carbocycles. The molecule has 0 saturated heterocycles. The molecule has 0 aliphatic rings. The zero-order chi connectivity index (χ0) is 33.9. The monoisotopic (exact) mass is 990 g/mol. The molecule has 3 rings (SSSR count). The molecule has 0 atom stereocenters. The predicted octanol–water partition coefficient (Wildman–Crippen LogP) is 8.38. The first kappa shape index (κ1) is 45.3. The van der Waals surface area contributed by atoms with Gasteiger partial charge in [0.2, 0.25) is 0 Å². The summed E-state index contributed by atoms with van der Waals surface area (Å²) in [5.41, 5.74) is 1.90. The number of rotatable bonds is 4. The second-order valence-corrected chi connectivity index (χ2v) is 14.4. The smallest absolute Gasteiger partial charge is 0.164 e. The van der Waals surface area contributed by atoms with Crippen LogP contribution in [0.3, 0.4) is 0 Å². The van der Waals surface area contributed by atoms with Gasteiger partial charge in [-0.1, -0.05) is 107 Å². The number of nitrogens with zero attached hydrogens (tertiary/aromatic N) is 4. The van der Waals surface area contributed by atoms with E-state index in [-0.39, 0.29) is 76.0 Å². The number of aliphatic hydroxyl groups is 2. The van der Waals surface area contributed by atoms with Gasteiger partial charge in [0.1, 0.15) is 24.2 Å². The van der Waals surface area contributed by atoms with Crippen LogP contribution in [-0.4, -0.2) is 41.7 Å². The summed E-state index contributed by atoms with van der Waals surface area (Å²) in [6.07, 6.45) is 9.10. The standard InChI is InChI=1S/C14H8N4.2C11H20O2.2Pt/c1-2-12(14-6-8-16-10-18-14)4-3-11(1)13-5-7-15-9-17-13;2*1-10(2,3)8(12)7-9(13)11(4,5)6;;/h1,4-10H;2*7,12H,1-6H3;;/q-2;;;;/b;2*8-7-;;. The molecule has 0 amide bonds. The Bertz CT molecular complexity index is 1300. The average molecular weight is 991 g/mol. The molecular formula is C36H48N4O4Pt2-2. The topological polar surface area (TPSA) is 126 Å². The van der Waals surface area contributed by atoms with Crippen molar-refractivity contribution < 1.29 is 61.9 Å². The van der Waals surface area contributed by atoms with E-state index in [2.05, 4.69) is 32.1 Å². The van der Waals surface area contributed by atoms with Crippen molar-refractivity contribution in [2.45, 2.75) is 83.1 Å². The Morgan fingerprint density at radius 2 is 0.891 bits per heavy atom. The van der Waals surface area contributed by atoms with Crippen LogP contribution in [0.4, 0.5) is 0 Å². The maximum absolute atomic E-state index is 11.5. The number of aliphatic hydroxyl groups excluding tert-OH is 2. The molecule has 1 aromatic carbocycles. The van der Waals surface area contributed by atoms with Gasteiger partial charge in [-0.05, 0) is 0 Å². The van der Waals surface area contributed by atoms with Crippen LogP contribution in [0.1, 0.15) is 83.1 Å². The molecular weight excluding hydrogens is 943 g/mol. The number of aromatic nitrogens is 4. The fourth-order valence-electron chi connectivity index (χ4n) is 2.69. The molecule has 46 heavy (non-hydrogen) atoms. The van der Waals surface area contributed by atoms with Crippen LogP contribution in [0.25, 0.3) is 22.5 Å². The Morgan fingerprint density at radius 1 is 0.587 bits per heavy atom. The molecule has 0 aliphatic heterocycles. The summed E-state index contributed by atoms with van der Waals surface area (Å²) >= 11 is 0. The van der Waals surface area contributed by atoms with Gasteiger partial charge in [-0.2, -0.15) is 0 Å². The van der Waals surface area contributed by atoms with Crippen molar-refractivity contribution in [3.05, 3.63) is 85.1 Å². The van der Waals surface area contributed by atoms with Crippen LogP contribution >= 0.6 is 0 Å². The Morgan fingerprint density at radius 3 is 1.09 bits per heavy atom. The molecule has 0 unspecified atom stereocenters. The molecule has 8 nitrogen and oxygen atoms in total. The van der Waals surface area contributed by atoms with E-state index >= 15 is 0 Å².